The van der Waals surface area contributed by atoms with Crippen LogP contribution >= 0.6 is 0 Å². The lowest BCUT2D eigenvalue weighted by Gasteiger charge is -2.27. The van der Waals surface area contributed by atoms with Gasteiger partial charge in [-0.05, 0) is 12.8 Å². The van der Waals surface area contributed by atoms with E-state index in [1.807, 2.05) is 0 Å². The van der Waals surface area contributed by atoms with Gasteiger partial charge in [0.05, 0.1) is 6.04 Å². The van der Waals surface area contributed by atoms with E-state index in [2.05, 4.69) is 14.5 Å². The molecule has 0 aromatic carbocycles. The number of urea groups is 1. The van der Waals surface area contributed by atoms with Gasteiger partial charge in [0.25, 0.3) is 0 Å². The van der Waals surface area contributed by atoms with Gasteiger partial charge in [-0.1, -0.05) is 5.10 Å². The fraction of sp³-hybridized carbons (Fsp3) is 0.625. The standard InChI is InChI=1S/C8H11N5O6S/c9-7-11-10-6(18-7)5-2-1-4-3-12(5)8(14)13(4)19-20(15,16)17/h4-5H,1-3H2,(H2,9,11)(H,15,16,17). The number of aromatic nitrogens is 2. The SMILES string of the molecule is Nc1nnc(C2CCC3CN2C(=O)N3OS(=O)(=O)O)o1. The molecule has 0 radical (unpaired) electrons. The van der Waals surface area contributed by atoms with Crippen LogP contribution in [-0.4, -0.2) is 51.7 Å². The number of hydrogen-bond donors (Lipinski definition) is 2. The number of fused-ring (bicyclic) bond motifs is 2. The van der Waals surface area contributed by atoms with Crippen LogP contribution in [0.25, 0.3) is 0 Å². The Balaban J connectivity index is 1.84. The maximum atomic E-state index is 12.1. The predicted molar refractivity (Wildman–Crippen MR) is 61.0 cm³/mol. The first-order valence-electron chi connectivity index (χ1n) is 5.71. The van der Waals surface area contributed by atoms with E-state index < -0.39 is 28.5 Å². The topological polar surface area (TPSA) is 152 Å². The van der Waals surface area contributed by atoms with E-state index in [0.29, 0.717) is 17.9 Å². The summed E-state index contributed by atoms with van der Waals surface area (Å²) in [7, 11) is -4.75. The van der Waals surface area contributed by atoms with E-state index in [-0.39, 0.29) is 18.5 Å². The Morgan fingerprint density at radius 1 is 1.40 bits per heavy atom. The molecule has 0 spiro atoms. The van der Waals surface area contributed by atoms with Gasteiger partial charge in [-0.2, -0.15) is 13.5 Å². The second kappa shape index (κ2) is 4.29. The van der Waals surface area contributed by atoms with Crippen LogP contribution in [0.4, 0.5) is 10.8 Å². The molecule has 1 aromatic rings. The van der Waals surface area contributed by atoms with Crippen LogP contribution in [0.2, 0.25) is 0 Å². The average molecular weight is 305 g/mol. The first-order chi connectivity index (χ1) is 9.35. The molecule has 3 rings (SSSR count). The molecular formula is C8H11N5O6S. The molecule has 110 valence electrons. The second-order valence-corrected chi connectivity index (χ2v) is 5.49. The zero-order valence-electron chi connectivity index (χ0n) is 10.0. The molecule has 3 N–H and O–H groups in total. The Hall–Kier alpha value is -1.92. The molecule has 2 bridgehead atoms. The van der Waals surface area contributed by atoms with Crippen molar-refractivity contribution in [2.75, 3.05) is 12.3 Å². The molecule has 20 heavy (non-hydrogen) atoms. The van der Waals surface area contributed by atoms with Gasteiger partial charge in [-0.25, -0.2) is 4.79 Å². The summed E-state index contributed by atoms with van der Waals surface area (Å²) in [6.45, 7) is 0.237. The summed E-state index contributed by atoms with van der Waals surface area (Å²) >= 11 is 0. The van der Waals surface area contributed by atoms with Gasteiger partial charge in [0.15, 0.2) is 0 Å². The van der Waals surface area contributed by atoms with Gasteiger partial charge in [-0.3, -0.25) is 4.55 Å². The fourth-order valence-electron chi connectivity index (χ4n) is 2.47. The number of carbonyl (C=O) groups is 1. The Morgan fingerprint density at radius 3 is 2.75 bits per heavy atom. The van der Waals surface area contributed by atoms with Gasteiger partial charge in [0.2, 0.25) is 5.89 Å². The van der Waals surface area contributed by atoms with Crippen LogP contribution in [0.1, 0.15) is 24.8 Å². The summed E-state index contributed by atoms with van der Waals surface area (Å²) < 4.78 is 39.5. The number of nitrogen functional groups attached to an aromatic ring is 1. The number of hydroxylamine groups is 2. The Kier molecular flexibility index (Phi) is 2.81. The van der Waals surface area contributed by atoms with E-state index in [0.717, 1.165) is 0 Å². The molecule has 2 atom stereocenters. The van der Waals surface area contributed by atoms with Crippen LogP contribution in [0.15, 0.2) is 4.42 Å². The lowest BCUT2D eigenvalue weighted by Crippen LogP contribution is -2.35. The molecule has 0 saturated carbocycles. The Bertz CT molecular complexity index is 644. The number of nitrogens with two attached hydrogens (primary N) is 1. The van der Waals surface area contributed by atoms with Crippen LogP contribution < -0.4 is 5.73 Å². The highest BCUT2D eigenvalue weighted by Crippen LogP contribution is 2.38. The number of rotatable bonds is 3. The average Bonchev–Trinajstić information content (AvgIpc) is 2.88. The fourth-order valence-corrected chi connectivity index (χ4v) is 2.86. The van der Waals surface area contributed by atoms with Crippen LogP contribution in [0, 0.1) is 0 Å². The zero-order valence-corrected chi connectivity index (χ0v) is 10.9. The molecule has 0 aliphatic carbocycles. The molecule has 2 fully saturated rings. The molecule has 2 aliphatic rings. The van der Waals surface area contributed by atoms with Gasteiger partial charge in [0, 0.05) is 6.54 Å². The summed E-state index contributed by atoms with van der Waals surface area (Å²) in [4.78, 5) is 13.4. The van der Waals surface area contributed by atoms with Crippen LogP contribution in [0.5, 0.6) is 0 Å². The van der Waals surface area contributed by atoms with Crippen molar-refractivity contribution in [3.63, 3.8) is 0 Å². The van der Waals surface area contributed by atoms with Gasteiger partial charge in [-0.15, -0.1) is 9.38 Å². The molecule has 1 aromatic heterocycles. The minimum Gasteiger partial charge on any atom is -0.406 e. The zero-order chi connectivity index (χ0) is 14.5. The molecular weight excluding hydrogens is 294 g/mol. The summed E-state index contributed by atoms with van der Waals surface area (Å²) in [6, 6.07) is -1.74. The highest BCUT2D eigenvalue weighted by Gasteiger charge is 2.49. The molecule has 3 heterocycles. The predicted octanol–water partition coefficient (Wildman–Crippen LogP) is -0.673. The van der Waals surface area contributed by atoms with Crippen molar-refractivity contribution in [2.24, 2.45) is 0 Å². The quantitative estimate of drug-likeness (QED) is 0.692. The minimum absolute atomic E-state index is 0.111. The minimum atomic E-state index is -4.75. The highest BCUT2D eigenvalue weighted by molar-refractivity contribution is 7.80. The number of nitrogens with zero attached hydrogens (tertiary/aromatic N) is 4. The third kappa shape index (κ3) is 2.17. The lowest BCUT2D eigenvalue weighted by atomic mass is 10.0. The number of hydrogen-bond acceptors (Lipinski definition) is 8. The van der Waals surface area contributed by atoms with Crippen LogP contribution in [-0.2, 0) is 14.7 Å². The van der Waals surface area contributed by atoms with Crippen molar-refractivity contribution in [1.82, 2.24) is 20.2 Å². The maximum absolute atomic E-state index is 12.1. The summed E-state index contributed by atoms with van der Waals surface area (Å²) in [5.74, 6) is 0.183. The molecule has 2 aliphatic heterocycles. The molecule has 12 heteroatoms. The van der Waals surface area contributed by atoms with E-state index in [1.165, 1.54) is 4.90 Å². The number of anilines is 1. The lowest BCUT2D eigenvalue weighted by molar-refractivity contribution is -0.0317. The summed E-state index contributed by atoms with van der Waals surface area (Å²) in [5, 5.41) is 7.90. The molecule has 11 nitrogen and oxygen atoms in total. The molecule has 2 saturated heterocycles. The van der Waals surface area contributed by atoms with E-state index >= 15 is 0 Å². The van der Waals surface area contributed by atoms with E-state index in [1.54, 1.807) is 0 Å². The van der Waals surface area contributed by atoms with Gasteiger partial charge < -0.3 is 15.1 Å². The molecule has 2 unspecified atom stereocenters. The third-order valence-corrected chi connectivity index (χ3v) is 3.59. The second-order valence-electron chi connectivity index (χ2n) is 4.49. The first-order valence-corrected chi connectivity index (χ1v) is 7.07. The van der Waals surface area contributed by atoms with Crippen molar-refractivity contribution >= 4 is 22.4 Å². The van der Waals surface area contributed by atoms with Crippen molar-refractivity contribution in [1.29, 1.82) is 0 Å². The summed E-state index contributed by atoms with van der Waals surface area (Å²) in [5.41, 5.74) is 5.34. The molecule has 2 amide bonds. The monoisotopic (exact) mass is 305 g/mol. The Morgan fingerprint density at radius 2 is 2.15 bits per heavy atom. The highest BCUT2D eigenvalue weighted by atomic mass is 32.3. The maximum Gasteiger partial charge on any atom is 0.418 e. The first kappa shape index (κ1) is 13.1. The van der Waals surface area contributed by atoms with E-state index in [4.69, 9.17) is 14.7 Å². The van der Waals surface area contributed by atoms with Crippen LogP contribution in [0.3, 0.4) is 0 Å². The summed E-state index contributed by atoms with van der Waals surface area (Å²) in [6.07, 6.45) is 0.952. The van der Waals surface area contributed by atoms with Crippen molar-refractivity contribution in [3.05, 3.63) is 5.89 Å². The number of carbonyl (C=O) groups excluding carboxylic acids is 1. The number of amides is 2. The van der Waals surface area contributed by atoms with Gasteiger partial charge >= 0.3 is 22.4 Å². The van der Waals surface area contributed by atoms with Crippen molar-refractivity contribution in [3.8, 4) is 0 Å². The third-order valence-electron chi connectivity index (χ3n) is 3.24. The Labute approximate surface area is 113 Å². The largest absolute Gasteiger partial charge is 0.418 e. The van der Waals surface area contributed by atoms with Crippen molar-refractivity contribution in [2.45, 2.75) is 24.9 Å². The number of piperidine rings is 1. The normalized spacial score (nSPS) is 26.4. The smallest absolute Gasteiger partial charge is 0.406 e. The van der Waals surface area contributed by atoms with E-state index in [9.17, 15) is 13.2 Å². The van der Waals surface area contributed by atoms with Gasteiger partial charge in [0.1, 0.15) is 6.04 Å². The van der Waals surface area contributed by atoms with Crippen molar-refractivity contribution < 1.29 is 26.5 Å².